The highest BCUT2D eigenvalue weighted by molar-refractivity contribution is 6.31. The van der Waals surface area contributed by atoms with Crippen LogP contribution in [0.1, 0.15) is 27.5 Å². The van der Waals surface area contributed by atoms with Crippen LogP contribution < -0.4 is 10.6 Å². The van der Waals surface area contributed by atoms with Crippen molar-refractivity contribution in [3.05, 3.63) is 111 Å². The lowest BCUT2D eigenvalue weighted by atomic mass is 10.0. The van der Waals surface area contributed by atoms with Crippen molar-refractivity contribution in [2.75, 3.05) is 10.6 Å². The van der Waals surface area contributed by atoms with E-state index in [1.807, 2.05) is 36.4 Å². The fraction of sp³-hybridized carbons (Fsp3) is 0.0417. The number of aromatic nitrogens is 3. The van der Waals surface area contributed by atoms with Gasteiger partial charge in [0.1, 0.15) is 11.9 Å². The van der Waals surface area contributed by atoms with Crippen molar-refractivity contribution in [1.29, 1.82) is 0 Å². The molecule has 0 fully saturated rings. The van der Waals surface area contributed by atoms with Gasteiger partial charge >= 0.3 is 0 Å². The third-order valence-electron chi connectivity index (χ3n) is 5.19. The van der Waals surface area contributed by atoms with Gasteiger partial charge in [-0.25, -0.2) is 9.07 Å². The molecule has 1 atom stereocenters. The summed E-state index contributed by atoms with van der Waals surface area (Å²) in [5, 5.41) is 11.4. The minimum atomic E-state index is -0.642. The van der Waals surface area contributed by atoms with E-state index < -0.39 is 17.8 Å². The van der Waals surface area contributed by atoms with Gasteiger partial charge in [0.15, 0.2) is 0 Å². The zero-order valence-electron chi connectivity index (χ0n) is 17.0. The lowest BCUT2D eigenvalue weighted by Crippen LogP contribution is -2.20. The molecule has 1 aliphatic rings. The molecule has 0 saturated heterocycles. The highest BCUT2D eigenvalue weighted by Crippen LogP contribution is 2.36. The van der Waals surface area contributed by atoms with E-state index in [1.165, 1.54) is 18.2 Å². The maximum Gasteiger partial charge on any atom is 0.261 e. The highest BCUT2D eigenvalue weighted by atomic mass is 35.5. The molecule has 164 valence electrons. The molecule has 0 aliphatic carbocycles. The third kappa shape index (κ3) is 4.20. The zero-order chi connectivity index (χ0) is 22.9. The van der Waals surface area contributed by atoms with Crippen molar-refractivity contribution in [3.8, 4) is 0 Å². The molecule has 0 saturated carbocycles. The fourth-order valence-corrected chi connectivity index (χ4v) is 3.97. The van der Waals surface area contributed by atoms with Crippen LogP contribution in [0.5, 0.6) is 0 Å². The summed E-state index contributed by atoms with van der Waals surface area (Å²) in [6, 6.07) is 20.1. The summed E-state index contributed by atoms with van der Waals surface area (Å²) in [6.07, 6.45) is 1.97. The van der Waals surface area contributed by atoms with E-state index >= 15 is 0 Å². The fourth-order valence-electron chi connectivity index (χ4n) is 3.59. The summed E-state index contributed by atoms with van der Waals surface area (Å²) in [5.41, 5.74) is 2.39. The lowest BCUT2D eigenvalue weighted by Gasteiger charge is -2.24. The Balaban J connectivity index is 1.53. The smallest absolute Gasteiger partial charge is 0.261 e. The minimum Gasteiger partial charge on any atom is -0.324 e. The first-order chi connectivity index (χ1) is 16.0. The van der Waals surface area contributed by atoms with Crippen molar-refractivity contribution >= 4 is 46.7 Å². The van der Waals surface area contributed by atoms with Crippen molar-refractivity contribution in [2.24, 2.45) is 0 Å². The first kappa shape index (κ1) is 21.2. The molecule has 0 radical (unpaired) electrons. The number of allylic oxidation sites excluding steroid dienone is 1. The number of fused-ring (bicyclic) bond motifs is 1. The van der Waals surface area contributed by atoms with E-state index in [1.54, 1.807) is 28.9 Å². The normalized spacial score (nSPS) is 14.8. The molecule has 1 aromatic heterocycles. The maximum atomic E-state index is 14.0. The average Bonchev–Trinajstić information content (AvgIpc) is 3.22. The second-order valence-corrected chi connectivity index (χ2v) is 8.16. The third-order valence-corrected chi connectivity index (χ3v) is 5.78. The van der Waals surface area contributed by atoms with Crippen molar-refractivity contribution in [1.82, 2.24) is 14.8 Å². The van der Waals surface area contributed by atoms with Crippen LogP contribution in [-0.4, -0.2) is 20.7 Å². The van der Waals surface area contributed by atoms with Gasteiger partial charge in [-0.3, -0.25) is 10.1 Å². The predicted molar refractivity (Wildman–Crippen MR) is 127 cm³/mol. The second-order valence-electron chi connectivity index (χ2n) is 7.32. The van der Waals surface area contributed by atoms with E-state index in [0.717, 1.165) is 16.8 Å². The monoisotopic (exact) mass is 479 g/mol. The quantitative estimate of drug-likeness (QED) is 0.374. The Morgan fingerprint density at radius 3 is 2.48 bits per heavy atom. The summed E-state index contributed by atoms with van der Waals surface area (Å²) < 4.78 is 15.6. The average molecular weight is 480 g/mol. The van der Waals surface area contributed by atoms with Crippen molar-refractivity contribution in [2.45, 2.75) is 6.04 Å². The Morgan fingerprint density at radius 1 is 1.00 bits per heavy atom. The Kier molecular flexibility index (Phi) is 5.58. The molecule has 9 heteroatoms. The van der Waals surface area contributed by atoms with Gasteiger partial charge < -0.3 is 5.32 Å². The van der Waals surface area contributed by atoms with Gasteiger partial charge in [-0.05, 0) is 47.5 Å². The highest BCUT2D eigenvalue weighted by Gasteiger charge is 2.27. The molecule has 1 aliphatic heterocycles. The van der Waals surface area contributed by atoms with Gasteiger partial charge in [-0.2, -0.15) is 4.98 Å². The molecule has 4 aromatic rings. The molecule has 6 nitrogen and oxygen atoms in total. The molecular weight excluding hydrogens is 464 g/mol. The van der Waals surface area contributed by atoms with Crippen molar-refractivity contribution < 1.29 is 9.18 Å². The summed E-state index contributed by atoms with van der Waals surface area (Å²) in [6.45, 7) is 0. The lowest BCUT2D eigenvalue weighted by molar-refractivity contribution is 0.102. The van der Waals surface area contributed by atoms with E-state index in [9.17, 15) is 9.18 Å². The minimum absolute atomic E-state index is 0.0357. The van der Waals surface area contributed by atoms with Gasteiger partial charge in [0.2, 0.25) is 5.95 Å². The Hall–Kier alpha value is -3.68. The van der Waals surface area contributed by atoms with Gasteiger partial charge in [0, 0.05) is 15.7 Å². The van der Waals surface area contributed by atoms with Crippen molar-refractivity contribution in [3.63, 3.8) is 0 Å². The van der Waals surface area contributed by atoms with Crippen LogP contribution >= 0.6 is 23.2 Å². The Bertz CT molecular complexity index is 1380. The van der Waals surface area contributed by atoms with Gasteiger partial charge in [-0.15, -0.1) is 5.10 Å². The molecule has 0 bridgehead atoms. The summed E-state index contributed by atoms with van der Waals surface area (Å²) in [5.74, 6) is -0.835. The molecular formula is C24H16Cl2FN5O. The van der Waals surface area contributed by atoms with E-state index in [0.29, 0.717) is 16.0 Å². The number of anilines is 2. The predicted octanol–water partition coefficient (Wildman–Crippen LogP) is 6.03. The number of nitrogens with one attached hydrogen (secondary N) is 2. The molecule has 2 heterocycles. The number of hydrogen-bond acceptors (Lipinski definition) is 4. The van der Waals surface area contributed by atoms with Gasteiger partial charge in [0.05, 0.1) is 5.56 Å². The van der Waals surface area contributed by atoms with Crippen LogP contribution in [0, 0.1) is 5.82 Å². The maximum absolute atomic E-state index is 14.0. The number of benzene rings is 3. The van der Waals surface area contributed by atoms with Crippen LogP contribution in [0.15, 0.2) is 78.9 Å². The Labute approximate surface area is 198 Å². The number of nitrogens with zero attached hydrogens (tertiary/aromatic N) is 3. The van der Waals surface area contributed by atoms with E-state index in [2.05, 4.69) is 20.7 Å². The van der Waals surface area contributed by atoms with E-state index in [4.69, 9.17) is 23.2 Å². The van der Waals surface area contributed by atoms with E-state index in [-0.39, 0.29) is 11.5 Å². The number of hydrogen-bond donors (Lipinski definition) is 2. The molecule has 0 spiro atoms. The number of amides is 1. The molecule has 5 rings (SSSR count). The molecule has 2 N–H and O–H groups in total. The molecule has 0 unspecified atom stereocenters. The number of rotatable bonds is 4. The second kappa shape index (κ2) is 8.69. The summed E-state index contributed by atoms with van der Waals surface area (Å²) in [4.78, 5) is 17.0. The zero-order valence-corrected chi connectivity index (χ0v) is 18.5. The first-order valence-corrected chi connectivity index (χ1v) is 10.8. The van der Waals surface area contributed by atoms with Crippen LogP contribution in [0.2, 0.25) is 10.0 Å². The van der Waals surface area contributed by atoms with Gasteiger partial charge in [-0.1, -0.05) is 65.7 Å². The number of carbonyl (C=O) groups is 1. The Morgan fingerprint density at radius 2 is 1.73 bits per heavy atom. The summed E-state index contributed by atoms with van der Waals surface area (Å²) in [7, 11) is 0. The largest absolute Gasteiger partial charge is 0.324 e. The van der Waals surface area contributed by atoms with Crippen LogP contribution in [-0.2, 0) is 0 Å². The summed E-state index contributed by atoms with van der Waals surface area (Å²) >= 11 is 12.5. The standard InChI is InChI=1S/C24H16Cl2FN5O/c25-15-11-9-14(10-12-15)20-13-21(16-5-1-3-7-18(16)26)32-24(28-20)30-23(31-32)29-22(33)17-6-2-4-8-19(17)27/h1-13,21H,(H2,28,29,30,31,33)/t21-/m1/s1. The molecule has 1 amide bonds. The van der Waals surface area contributed by atoms with Gasteiger partial charge in [0.25, 0.3) is 11.9 Å². The van der Waals surface area contributed by atoms with Crippen LogP contribution in [0.3, 0.4) is 0 Å². The topological polar surface area (TPSA) is 71.8 Å². The molecule has 3 aromatic carbocycles. The number of carbonyl (C=O) groups excluding carboxylic acids is 1. The first-order valence-electron chi connectivity index (χ1n) is 10.0. The van der Waals surface area contributed by atoms with Crippen LogP contribution in [0.25, 0.3) is 5.70 Å². The number of halogens is 3. The SMILES string of the molecule is O=C(Nc1nc2n(n1)[C@@H](c1ccccc1Cl)C=C(c1ccc(Cl)cc1)N2)c1ccccc1F. The van der Waals surface area contributed by atoms with Crippen LogP contribution in [0.4, 0.5) is 16.3 Å². The molecule has 33 heavy (non-hydrogen) atoms.